The molecule has 31 heavy (non-hydrogen) atoms. The predicted octanol–water partition coefficient (Wildman–Crippen LogP) is 2.61. The second kappa shape index (κ2) is 10.8. The molecule has 0 bridgehead atoms. The first-order chi connectivity index (χ1) is 14.9. The van der Waals surface area contributed by atoms with Gasteiger partial charge in [-0.1, -0.05) is 31.2 Å². The third-order valence-electron chi connectivity index (χ3n) is 6.00. The Morgan fingerprint density at radius 1 is 1.19 bits per heavy atom. The molecule has 7 nitrogen and oxygen atoms in total. The van der Waals surface area contributed by atoms with Gasteiger partial charge in [-0.25, -0.2) is 4.99 Å². The number of likely N-dealkylation sites (tertiary alicyclic amines) is 1. The number of hydrogen-bond acceptors (Lipinski definition) is 4. The van der Waals surface area contributed by atoms with Gasteiger partial charge in [0.15, 0.2) is 5.96 Å². The average molecular weight is 427 g/mol. The van der Waals surface area contributed by atoms with Gasteiger partial charge in [-0.2, -0.15) is 5.10 Å². The summed E-state index contributed by atoms with van der Waals surface area (Å²) in [5.41, 5.74) is 2.28. The summed E-state index contributed by atoms with van der Waals surface area (Å²) in [6.45, 7) is 11.3. The van der Waals surface area contributed by atoms with Crippen LogP contribution in [-0.2, 0) is 25.7 Å². The molecule has 1 aliphatic heterocycles. The van der Waals surface area contributed by atoms with Crippen LogP contribution in [0.4, 0.5) is 0 Å². The van der Waals surface area contributed by atoms with Crippen molar-refractivity contribution in [2.45, 2.75) is 52.3 Å². The SMILES string of the molecule is CCNC(=NCc1ccc(CN2CCC(C)CC2)cc1)NCC(C)(O)c1cnn(C)c1. The fourth-order valence-corrected chi connectivity index (χ4v) is 3.80. The number of guanidine groups is 1. The lowest BCUT2D eigenvalue weighted by Crippen LogP contribution is -2.44. The van der Waals surface area contributed by atoms with Crippen molar-refractivity contribution in [3.8, 4) is 0 Å². The van der Waals surface area contributed by atoms with E-state index in [9.17, 15) is 5.11 Å². The zero-order chi connectivity index (χ0) is 22.3. The van der Waals surface area contributed by atoms with Crippen LogP contribution in [0.15, 0.2) is 41.7 Å². The van der Waals surface area contributed by atoms with Gasteiger partial charge in [0.25, 0.3) is 0 Å². The Balaban J connectivity index is 1.53. The minimum absolute atomic E-state index is 0.345. The van der Waals surface area contributed by atoms with Gasteiger partial charge in [-0.3, -0.25) is 9.58 Å². The van der Waals surface area contributed by atoms with Gasteiger partial charge < -0.3 is 15.7 Å². The van der Waals surface area contributed by atoms with Crippen LogP contribution in [0.25, 0.3) is 0 Å². The lowest BCUT2D eigenvalue weighted by Gasteiger charge is -2.30. The molecule has 1 unspecified atom stereocenters. The van der Waals surface area contributed by atoms with E-state index < -0.39 is 5.60 Å². The van der Waals surface area contributed by atoms with E-state index in [0.717, 1.165) is 24.6 Å². The van der Waals surface area contributed by atoms with Crippen LogP contribution in [0.2, 0.25) is 0 Å². The van der Waals surface area contributed by atoms with Crippen LogP contribution < -0.4 is 10.6 Å². The van der Waals surface area contributed by atoms with E-state index >= 15 is 0 Å². The Hall–Kier alpha value is -2.38. The van der Waals surface area contributed by atoms with Crippen molar-refractivity contribution < 1.29 is 5.11 Å². The van der Waals surface area contributed by atoms with E-state index in [1.54, 1.807) is 17.8 Å². The molecule has 2 heterocycles. The lowest BCUT2D eigenvalue weighted by molar-refractivity contribution is 0.0616. The highest BCUT2D eigenvalue weighted by Crippen LogP contribution is 2.19. The van der Waals surface area contributed by atoms with Crippen molar-refractivity contribution in [2.75, 3.05) is 26.2 Å². The molecule has 1 aromatic carbocycles. The highest BCUT2D eigenvalue weighted by atomic mass is 16.3. The Morgan fingerprint density at radius 2 is 1.87 bits per heavy atom. The molecule has 0 radical (unpaired) electrons. The van der Waals surface area contributed by atoms with Gasteiger partial charge in [-0.15, -0.1) is 0 Å². The van der Waals surface area contributed by atoms with E-state index in [4.69, 9.17) is 4.99 Å². The molecule has 2 aromatic rings. The van der Waals surface area contributed by atoms with Gasteiger partial charge in [0.1, 0.15) is 5.60 Å². The predicted molar refractivity (Wildman–Crippen MR) is 126 cm³/mol. The van der Waals surface area contributed by atoms with E-state index in [1.165, 1.54) is 37.1 Å². The van der Waals surface area contributed by atoms with E-state index in [2.05, 4.69) is 51.8 Å². The van der Waals surface area contributed by atoms with Crippen LogP contribution in [0.3, 0.4) is 0 Å². The molecule has 1 saturated heterocycles. The number of aryl methyl sites for hydroxylation is 1. The molecule has 7 heteroatoms. The van der Waals surface area contributed by atoms with Crippen molar-refractivity contribution in [3.05, 3.63) is 53.3 Å². The molecule has 1 aliphatic rings. The van der Waals surface area contributed by atoms with E-state index in [1.807, 2.05) is 20.2 Å². The first kappa shape index (κ1) is 23.3. The number of aliphatic hydroxyl groups is 1. The first-order valence-corrected chi connectivity index (χ1v) is 11.4. The van der Waals surface area contributed by atoms with Crippen molar-refractivity contribution in [3.63, 3.8) is 0 Å². The highest BCUT2D eigenvalue weighted by Gasteiger charge is 2.25. The van der Waals surface area contributed by atoms with Crippen LogP contribution in [0, 0.1) is 5.92 Å². The monoisotopic (exact) mass is 426 g/mol. The molecule has 0 amide bonds. The van der Waals surface area contributed by atoms with Crippen molar-refractivity contribution in [2.24, 2.45) is 18.0 Å². The van der Waals surface area contributed by atoms with Gasteiger partial charge in [0.05, 0.1) is 19.3 Å². The smallest absolute Gasteiger partial charge is 0.191 e. The molecular weight excluding hydrogens is 388 g/mol. The third-order valence-corrected chi connectivity index (χ3v) is 6.00. The molecule has 1 atom stereocenters. The number of nitrogens with zero attached hydrogens (tertiary/aromatic N) is 4. The van der Waals surface area contributed by atoms with Gasteiger partial charge in [-0.05, 0) is 56.8 Å². The lowest BCUT2D eigenvalue weighted by atomic mass is 9.99. The molecule has 1 fully saturated rings. The summed E-state index contributed by atoms with van der Waals surface area (Å²) in [6.07, 6.45) is 6.14. The summed E-state index contributed by atoms with van der Waals surface area (Å²) in [4.78, 5) is 7.24. The second-order valence-electron chi connectivity index (χ2n) is 9.00. The topological polar surface area (TPSA) is 77.7 Å². The minimum atomic E-state index is -1.03. The Kier molecular flexibility index (Phi) is 8.09. The Bertz CT molecular complexity index is 834. The van der Waals surface area contributed by atoms with Crippen LogP contribution in [0.1, 0.15) is 50.3 Å². The van der Waals surface area contributed by atoms with Crippen LogP contribution >= 0.6 is 0 Å². The van der Waals surface area contributed by atoms with Crippen molar-refractivity contribution in [1.29, 1.82) is 0 Å². The van der Waals surface area contributed by atoms with Crippen LogP contribution in [0.5, 0.6) is 0 Å². The summed E-state index contributed by atoms with van der Waals surface area (Å²) in [5, 5.41) is 21.4. The largest absolute Gasteiger partial charge is 0.383 e. The number of aliphatic imine (C=N–C) groups is 1. The second-order valence-corrected chi connectivity index (χ2v) is 9.00. The fourth-order valence-electron chi connectivity index (χ4n) is 3.80. The van der Waals surface area contributed by atoms with Gasteiger partial charge in [0.2, 0.25) is 0 Å². The first-order valence-electron chi connectivity index (χ1n) is 11.4. The summed E-state index contributed by atoms with van der Waals surface area (Å²) in [7, 11) is 1.84. The molecule has 3 N–H and O–H groups in total. The van der Waals surface area contributed by atoms with Gasteiger partial charge >= 0.3 is 0 Å². The number of aromatic nitrogens is 2. The van der Waals surface area contributed by atoms with Crippen LogP contribution in [-0.4, -0.2) is 51.9 Å². The number of piperidine rings is 1. The molecular formula is C24H38N6O. The Labute approximate surface area is 186 Å². The van der Waals surface area contributed by atoms with Crippen molar-refractivity contribution in [1.82, 2.24) is 25.3 Å². The summed E-state index contributed by atoms with van der Waals surface area (Å²) in [6, 6.07) is 8.77. The number of benzene rings is 1. The quantitative estimate of drug-likeness (QED) is 0.447. The third kappa shape index (κ3) is 7.08. The van der Waals surface area contributed by atoms with Crippen molar-refractivity contribution >= 4 is 5.96 Å². The van der Waals surface area contributed by atoms with E-state index in [-0.39, 0.29) is 0 Å². The molecule has 1 aromatic heterocycles. The highest BCUT2D eigenvalue weighted by molar-refractivity contribution is 5.79. The zero-order valence-electron chi connectivity index (χ0n) is 19.4. The fraction of sp³-hybridized carbons (Fsp3) is 0.583. The standard InChI is InChI=1S/C24H38N6O/c1-5-25-23(27-18-24(3,31)22-15-28-29(4)17-22)26-14-20-6-8-21(9-7-20)16-30-12-10-19(2)11-13-30/h6-9,15,17,19,31H,5,10-14,16,18H2,1-4H3,(H2,25,26,27). The summed E-state index contributed by atoms with van der Waals surface area (Å²) < 4.78 is 1.69. The van der Waals surface area contributed by atoms with Gasteiger partial charge in [0, 0.05) is 31.9 Å². The maximum absolute atomic E-state index is 10.8. The number of nitrogens with one attached hydrogen (secondary N) is 2. The molecule has 3 rings (SSSR count). The normalized spacial score (nSPS) is 18.0. The number of rotatable bonds is 8. The molecule has 170 valence electrons. The maximum Gasteiger partial charge on any atom is 0.191 e. The average Bonchev–Trinajstić information content (AvgIpc) is 3.20. The van der Waals surface area contributed by atoms with E-state index in [0.29, 0.717) is 19.0 Å². The Morgan fingerprint density at radius 3 is 2.48 bits per heavy atom. The summed E-state index contributed by atoms with van der Waals surface area (Å²) >= 11 is 0. The molecule has 0 saturated carbocycles. The maximum atomic E-state index is 10.8. The number of hydrogen-bond donors (Lipinski definition) is 3. The minimum Gasteiger partial charge on any atom is -0.383 e. The zero-order valence-corrected chi connectivity index (χ0v) is 19.4. The molecule has 0 aliphatic carbocycles. The summed E-state index contributed by atoms with van der Waals surface area (Å²) in [5.74, 6) is 1.56. The molecule has 0 spiro atoms.